The second-order valence-electron chi connectivity index (χ2n) is 6.17. The van der Waals surface area contributed by atoms with Crippen molar-refractivity contribution in [3.05, 3.63) is 0 Å². The van der Waals surface area contributed by atoms with Gasteiger partial charge in [0, 0.05) is 34.1 Å². The van der Waals surface area contributed by atoms with Gasteiger partial charge in [0.05, 0.1) is 11.5 Å². The molecule has 1 saturated heterocycles. The Morgan fingerprint density at radius 1 is 1.33 bits per heavy atom. The molecule has 21 heavy (non-hydrogen) atoms. The van der Waals surface area contributed by atoms with Crippen molar-refractivity contribution in [1.82, 2.24) is 15.1 Å². The summed E-state index contributed by atoms with van der Waals surface area (Å²) in [5.41, 5.74) is -0.836. The molecule has 7 heteroatoms. The fourth-order valence-electron chi connectivity index (χ4n) is 2.68. The third-order valence-corrected chi connectivity index (χ3v) is 3.95. The Labute approximate surface area is 125 Å². The average Bonchev–Trinajstić information content (AvgIpc) is 2.36. The normalized spacial score (nSPS) is 24.8. The van der Waals surface area contributed by atoms with E-state index in [1.165, 1.54) is 23.8 Å². The topological polar surface area (TPSA) is 89.9 Å². The highest BCUT2D eigenvalue weighted by molar-refractivity contribution is 5.93. The van der Waals surface area contributed by atoms with Crippen LogP contribution in [0.15, 0.2) is 0 Å². The smallest absolute Gasteiger partial charge is 0.247 e. The van der Waals surface area contributed by atoms with E-state index in [9.17, 15) is 19.5 Å². The van der Waals surface area contributed by atoms with Crippen molar-refractivity contribution in [1.29, 1.82) is 0 Å². The zero-order chi connectivity index (χ0) is 16.4. The number of likely N-dealkylation sites (N-methyl/N-ethyl adjacent to an activating group) is 2. The first-order valence-electron chi connectivity index (χ1n) is 7.03. The fraction of sp³-hybridized carbons (Fsp3) is 0.786. The van der Waals surface area contributed by atoms with Crippen LogP contribution in [0.4, 0.5) is 0 Å². The first-order valence-corrected chi connectivity index (χ1v) is 7.03. The average molecular weight is 299 g/mol. The van der Waals surface area contributed by atoms with E-state index in [0.717, 1.165) is 0 Å². The van der Waals surface area contributed by atoms with E-state index in [4.69, 9.17) is 0 Å². The Morgan fingerprint density at radius 3 is 2.33 bits per heavy atom. The molecule has 2 N–H and O–H groups in total. The lowest BCUT2D eigenvalue weighted by molar-refractivity contribution is -0.155. The summed E-state index contributed by atoms with van der Waals surface area (Å²) in [7, 11) is 4.65. The van der Waals surface area contributed by atoms with Crippen LogP contribution in [0.25, 0.3) is 0 Å². The number of rotatable bonds is 4. The summed E-state index contributed by atoms with van der Waals surface area (Å²) in [4.78, 5) is 39.0. The Bertz CT molecular complexity index is 436. The predicted molar refractivity (Wildman–Crippen MR) is 77.3 cm³/mol. The summed E-state index contributed by atoms with van der Waals surface area (Å²) >= 11 is 0. The van der Waals surface area contributed by atoms with Crippen molar-refractivity contribution >= 4 is 17.7 Å². The molecule has 0 saturated carbocycles. The molecule has 0 aromatic heterocycles. The standard InChI is InChI=1S/C14H25N3O4/c1-9(18)11(12(20)16(3)4)17(5)13(21)14(2)6-7-15-10(19)8-14/h9,11,18H,6-8H2,1-5H3,(H,15,19)/t9-,11+,14?/m1/s1. The number of amides is 3. The van der Waals surface area contributed by atoms with E-state index in [-0.39, 0.29) is 24.1 Å². The molecule has 3 amide bonds. The van der Waals surface area contributed by atoms with Crippen molar-refractivity contribution < 1.29 is 19.5 Å². The van der Waals surface area contributed by atoms with Crippen LogP contribution >= 0.6 is 0 Å². The van der Waals surface area contributed by atoms with Crippen LogP contribution in [0.5, 0.6) is 0 Å². The van der Waals surface area contributed by atoms with Gasteiger partial charge in [-0.3, -0.25) is 14.4 Å². The molecule has 0 spiro atoms. The van der Waals surface area contributed by atoms with Gasteiger partial charge in [-0.2, -0.15) is 0 Å². The minimum absolute atomic E-state index is 0.0961. The van der Waals surface area contributed by atoms with Crippen LogP contribution in [0, 0.1) is 5.41 Å². The van der Waals surface area contributed by atoms with Crippen molar-refractivity contribution in [2.75, 3.05) is 27.7 Å². The Morgan fingerprint density at radius 2 is 1.90 bits per heavy atom. The fourth-order valence-corrected chi connectivity index (χ4v) is 2.68. The number of hydrogen-bond acceptors (Lipinski definition) is 4. The minimum atomic E-state index is -0.991. The van der Waals surface area contributed by atoms with Crippen LogP contribution in [-0.4, -0.2) is 72.5 Å². The van der Waals surface area contributed by atoms with E-state index in [2.05, 4.69) is 5.32 Å². The highest BCUT2D eigenvalue weighted by Crippen LogP contribution is 2.31. The van der Waals surface area contributed by atoms with E-state index in [1.807, 2.05) is 0 Å². The van der Waals surface area contributed by atoms with Crippen LogP contribution in [0.3, 0.4) is 0 Å². The largest absolute Gasteiger partial charge is 0.391 e. The van der Waals surface area contributed by atoms with Gasteiger partial charge in [0.25, 0.3) is 0 Å². The number of hydrogen-bond donors (Lipinski definition) is 2. The van der Waals surface area contributed by atoms with Gasteiger partial charge in [-0.25, -0.2) is 0 Å². The quantitative estimate of drug-likeness (QED) is 0.711. The molecule has 7 nitrogen and oxygen atoms in total. The van der Waals surface area contributed by atoms with Gasteiger partial charge in [-0.05, 0) is 13.3 Å². The van der Waals surface area contributed by atoms with Gasteiger partial charge in [-0.1, -0.05) is 6.92 Å². The maximum absolute atomic E-state index is 12.7. The minimum Gasteiger partial charge on any atom is -0.391 e. The molecule has 0 bridgehead atoms. The van der Waals surface area contributed by atoms with Gasteiger partial charge >= 0.3 is 0 Å². The Hall–Kier alpha value is -1.63. The number of carbonyl (C=O) groups excluding carboxylic acids is 3. The Kier molecular flexibility index (Phi) is 5.33. The highest BCUT2D eigenvalue weighted by Gasteiger charge is 2.43. The number of nitrogens with one attached hydrogen (secondary N) is 1. The number of aliphatic hydroxyl groups excluding tert-OH is 1. The second kappa shape index (κ2) is 6.43. The van der Waals surface area contributed by atoms with E-state index < -0.39 is 17.6 Å². The SMILES string of the molecule is C[C@@H](O)[C@@H](C(=O)N(C)C)N(C)C(=O)C1(C)CCNC(=O)C1. The second-order valence-corrected chi connectivity index (χ2v) is 6.17. The van der Waals surface area contributed by atoms with Crippen molar-refractivity contribution in [3.63, 3.8) is 0 Å². The summed E-state index contributed by atoms with van der Waals surface area (Å²) in [6.07, 6.45) is -0.376. The Balaban J connectivity index is 2.97. The first kappa shape index (κ1) is 17.4. The third kappa shape index (κ3) is 3.72. The molecule has 120 valence electrons. The monoisotopic (exact) mass is 299 g/mol. The van der Waals surface area contributed by atoms with Gasteiger partial charge < -0.3 is 20.2 Å². The molecule has 0 aromatic rings. The van der Waals surface area contributed by atoms with Crippen molar-refractivity contribution in [2.24, 2.45) is 5.41 Å². The van der Waals surface area contributed by atoms with E-state index in [1.54, 1.807) is 21.0 Å². The highest BCUT2D eigenvalue weighted by atomic mass is 16.3. The van der Waals surface area contributed by atoms with E-state index in [0.29, 0.717) is 13.0 Å². The van der Waals surface area contributed by atoms with Crippen molar-refractivity contribution in [2.45, 2.75) is 38.8 Å². The van der Waals surface area contributed by atoms with Crippen molar-refractivity contribution in [3.8, 4) is 0 Å². The number of carbonyl (C=O) groups is 3. The summed E-state index contributed by atoms with van der Waals surface area (Å²) in [6.45, 7) is 3.64. The van der Waals surface area contributed by atoms with E-state index >= 15 is 0 Å². The van der Waals surface area contributed by atoms with Gasteiger partial charge in [0.2, 0.25) is 17.7 Å². The lowest BCUT2D eigenvalue weighted by Gasteiger charge is -2.39. The maximum Gasteiger partial charge on any atom is 0.247 e. The summed E-state index contributed by atoms with van der Waals surface area (Å²) in [5.74, 6) is -0.804. The number of piperidine rings is 1. The number of aliphatic hydroxyl groups is 1. The van der Waals surface area contributed by atoms with Crippen LogP contribution in [-0.2, 0) is 14.4 Å². The lowest BCUT2D eigenvalue weighted by atomic mass is 9.79. The number of nitrogens with zero attached hydrogens (tertiary/aromatic N) is 2. The zero-order valence-corrected chi connectivity index (χ0v) is 13.3. The molecule has 1 unspecified atom stereocenters. The van der Waals surface area contributed by atoms with Crippen LogP contribution in [0.1, 0.15) is 26.7 Å². The molecule has 1 fully saturated rings. The summed E-state index contributed by atoms with van der Waals surface area (Å²) in [6, 6.07) is -0.950. The molecular formula is C14H25N3O4. The first-order chi connectivity index (χ1) is 9.60. The van der Waals surface area contributed by atoms with Crippen LogP contribution < -0.4 is 5.32 Å². The molecular weight excluding hydrogens is 274 g/mol. The maximum atomic E-state index is 12.7. The van der Waals surface area contributed by atoms with Crippen LogP contribution in [0.2, 0.25) is 0 Å². The molecule has 1 aliphatic heterocycles. The van der Waals surface area contributed by atoms with Gasteiger partial charge in [0.15, 0.2) is 0 Å². The predicted octanol–water partition coefficient (Wildman–Crippen LogP) is -0.801. The molecule has 0 radical (unpaired) electrons. The molecule has 0 aliphatic carbocycles. The van der Waals surface area contributed by atoms with Gasteiger partial charge in [-0.15, -0.1) is 0 Å². The molecule has 1 aliphatic rings. The lowest BCUT2D eigenvalue weighted by Crippen LogP contribution is -2.57. The molecule has 0 aromatic carbocycles. The third-order valence-electron chi connectivity index (χ3n) is 3.95. The molecule has 3 atom stereocenters. The summed E-state index contributed by atoms with van der Waals surface area (Å²) < 4.78 is 0. The van der Waals surface area contributed by atoms with Gasteiger partial charge in [0.1, 0.15) is 6.04 Å². The molecule has 1 rings (SSSR count). The zero-order valence-electron chi connectivity index (χ0n) is 13.3. The molecule has 1 heterocycles. The summed E-state index contributed by atoms with van der Waals surface area (Å²) in [5, 5.41) is 12.6.